The molecule has 1 aromatic rings. The minimum atomic E-state index is -3.09. The van der Waals surface area contributed by atoms with Gasteiger partial charge in [-0.05, 0) is 24.5 Å². The van der Waals surface area contributed by atoms with Gasteiger partial charge in [0.15, 0.2) is 16.4 Å². The van der Waals surface area contributed by atoms with Crippen molar-refractivity contribution in [3.05, 3.63) is 34.4 Å². The molecule has 2 rings (SSSR count). The highest BCUT2D eigenvalue weighted by Gasteiger charge is 2.34. The Hall–Kier alpha value is -2.16. The van der Waals surface area contributed by atoms with Gasteiger partial charge in [0, 0.05) is 24.7 Å². The number of non-ortho nitro benzene ring substituents is 1. The summed E-state index contributed by atoms with van der Waals surface area (Å²) in [4.78, 5) is 24.2. The van der Waals surface area contributed by atoms with E-state index in [0.717, 1.165) is 0 Å². The van der Waals surface area contributed by atoms with Gasteiger partial charge in [0.25, 0.3) is 11.6 Å². The van der Waals surface area contributed by atoms with Crippen molar-refractivity contribution in [1.82, 2.24) is 4.90 Å². The van der Waals surface area contributed by atoms with Crippen LogP contribution in [0.1, 0.15) is 20.3 Å². The number of nitro groups is 1. The molecule has 0 aromatic heterocycles. The monoisotopic (exact) mass is 370 g/mol. The maximum absolute atomic E-state index is 12.5. The van der Waals surface area contributed by atoms with Crippen molar-refractivity contribution in [2.75, 3.05) is 24.7 Å². The second-order valence-corrected chi connectivity index (χ2v) is 8.77. The third kappa shape index (κ3) is 5.42. The summed E-state index contributed by atoms with van der Waals surface area (Å²) in [7, 11) is -3.09. The Morgan fingerprint density at radius 3 is 2.48 bits per heavy atom. The van der Waals surface area contributed by atoms with Crippen LogP contribution in [-0.4, -0.2) is 54.8 Å². The van der Waals surface area contributed by atoms with Crippen molar-refractivity contribution in [2.24, 2.45) is 5.92 Å². The van der Waals surface area contributed by atoms with E-state index in [1.165, 1.54) is 24.3 Å². The SMILES string of the molecule is CC(C)CN(C(=O)COc1ccc([N+](=O)[O-])cc1)C1CCS(=O)(=O)C1. The largest absolute Gasteiger partial charge is 0.484 e. The summed E-state index contributed by atoms with van der Waals surface area (Å²) in [5, 5.41) is 10.6. The van der Waals surface area contributed by atoms with Gasteiger partial charge in [0.1, 0.15) is 5.75 Å². The Morgan fingerprint density at radius 1 is 1.36 bits per heavy atom. The average molecular weight is 370 g/mol. The third-order valence-corrected chi connectivity index (χ3v) is 5.69. The van der Waals surface area contributed by atoms with Crippen LogP contribution < -0.4 is 4.74 Å². The highest BCUT2D eigenvalue weighted by molar-refractivity contribution is 7.91. The number of carbonyl (C=O) groups is 1. The lowest BCUT2D eigenvalue weighted by molar-refractivity contribution is -0.384. The molecule has 138 valence electrons. The first kappa shape index (κ1) is 19.2. The first-order valence-corrected chi connectivity index (χ1v) is 9.87. The van der Waals surface area contributed by atoms with Crippen LogP contribution in [0.5, 0.6) is 5.75 Å². The molecule has 0 saturated carbocycles. The van der Waals surface area contributed by atoms with E-state index in [-0.39, 0.29) is 41.7 Å². The molecule has 0 radical (unpaired) electrons. The number of benzene rings is 1. The molecule has 25 heavy (non-hydrogen) atoms. The lowest BCUT2D eigenvalue weighted by Crippen LogP contribution is -2.45. The fourth-order valence-electron chi connectivity index (χ4n) is 2.76. The molecule has 9 heteroatoms. The van der Waals surface area contributed by atoms with Gasteiger partial charge in [-0.2, -0.15) is 0 Å². The maximum Gasteiger partial charge on any atom is 0.269 e. The minimum absolute atomic E-state index is 0.0109. The van der Waals surface area contributed by atoms with Crippen molar-refractivity contribution in [3.8, 4) is 5.75 Å². The average Bonchev–Trinajstić information content (AvgIpc) is 2.90. The Kier molecular flexibility index (Phi) is 5.99. The normalized spacial score (nSPS) is 18.9. The lowest BCUT2D eigenvalue weighted by Gasteiger charge is -2.29. The maximum atomic E-state index is 12.5. The zero-order chi connectivity index (χ0) is 18.6. The summed E-state index contributed by atoms with van der Waals surface area (Å²) < 4.78 is 28.8. The predicted molar refractivity (Wildman–Crippen MR) is 92.2 cm³/mol. The van der Waals surface area contributed by atoms with Crippen molar-refractivity contribution < 1.29 is 22.9 Å². The molecule has 0 bridgehead atoms. The summed E-state index contributed by atoms with van der Waals surface area (Å²) in [5.41, 5.74) is -0.0590. The summed E-state index contributed by atoms with van der Waals surface area (Å²) in [6, 6.07) is 5.14. The predicted octanol–water partition coefficient (Wildman–Crippen LogP) is 1.65. The van der Waals surface area contributed by atoms with E-state index in [0.29, 0.717) is 18.7 Å². The molecule has 1 aliphatic heterocycles. The molecular formula is C16H22N2O6S. The van der Waals surface area contributed by atoms with Crippen LogP contribution in [-0.2, 0) is 14.6 Å². The third-order valence-electron chi connectivity index (χ3n) is 3.94. The molecule has 1 saturated heterocycles. The van der Waals surface area contributed by atoms with E-state index >= 15 is 0 Å². The number of ether oxygens (including phenoxy) is 1. The zero-order valence-corrected chi connectivity index (χ0v) is 15.1. The Morgan fingerprint density at radius 2 is 2.00 bits per heavy atom. The molecule has 0 N–H and O–H groups in total. The Labute approximate surface area is 146 Å². The van der Waals surface area contributed by atoms with Crippen LogP contribution in [0.4, 0.5) is 5.69 Å². The number of sulfone groups is 1. The summed E-state index contributed by atoms with van der Waals surface area (Å²) in [6.07, 6.45) is 0.443. The van der Waals surface area contributed by atoms with E-state index in [4.69, 9.17) is 4.74 Å². The van der Waals surface area contributed by atoms with Gasteiger partial charge in [-0.1, -0.05) is 13.8 Å². The van der Waals surface area contributed by atoms with E-state index in [9.17, 15) is 23.3 Å². The molecule has 1 aliphatic rings. The molecule has 1 amide bonds. The van der Waals surface area contributed by atoms with Crippen molar-refractivity contribution in [2.45, 2.75) is 26.3 Å². The van der Waals surface area contributed by atoms with Crippen LogP contribution in [0.25, 0.3) is 0 Å². The van der Waals surface area contributed by atoms with Crippen LogP contribution in [0.2, 0.25) is 0 Å². The second kappa shape index (κ2) is 7.81. The molecule has 1 aromatic carbocycles. The summed E-state index contributed by atoms with van der Waals surface area (Å²) in [6.45, 7) is 4.14. The lowest BCUT2D eigenvalue weighted by atomic mass is 10.1. The molecule has 0 spiro atoms. The fraction of sp³-hybridized carbons (Fsp3) is 0.562. The van der Waals surface area contributed by atoms with Crippen LogP contribution in [0.15, 0.2) is 24.3 Å². The molecular weight excluding hydrogens is 348 g/mol. The van der Waals surface area contributed by atoms with Gasteiger partial charge in [-0.25, -0.2) is 8.42 Å². The summed E-state index contributed by atoms with van der Waals surface area (Å²) in [5.74, 6) is 0.356. The van der Waals surface area contributed by atoms with E-state index in [2.05, 4.69) is 0 Å². The second-order valence-electron chi connectivity index (χ2n) is 6.54. The first-order valence-electron chi connectivity index (χ1n) is 8.05. The van der Waals surface area contributed by atoms with Gasteiger partial charge in [0.05, 0.1) is 16.4 Å². The topological polar surface area (TPSA) is 107 Å². The van der Waals surface area contributed by atoms with E-state index in [1.807, 2.05) is 13.8 Å². The molecule has 1 unspecified atom stereocenters. The van der Waals surface area contributed by atoms with Crippen LogP contribution >= 0.6 is 0 Å². The quantitative estimate of drug-likeness (QED) is 0.533. The molecule has 1 atom stereocenters. The molecule has 1 heterocycles. The standard InChI is InChI=1S/C16H22N2O6S/c1-12(2)9-17(14-7-8-25(22,23)11-14)16(19)10-24-15-5-3-13(4-6-15)18(20)21/h3-6,12,14H,7-11H2,1-2H3. The number of nitrogens with zero attached hydrogens (tertiary/aromatic N) is 2. The fourth-order valence-corrected chi connectivity index (χ4v) is 4.49. The molecule has 8 nitrogen and oxygen atoms in total. The Bertz CT molecular complexity index is 729. The number of carbonyl (C=O) groups excluding carboxylic acids is 1. The van der Waals surface area contributed by atoms with Crippen molar-refractivity contribution in [1.29, 1.82) is 0 Å². The van der Waals surface area contributed by atoms with Gasteiger partial charge in [-0.15, -0.1) is 0 Å². The van der Waals surface area contributed by atoms with Gasteiger partial charge in [0.2, 0.25) is 0 Å². The van der Waals surface area contributed by atoms with Crippen LogP contribution in [0.3, 0.4) is 0 Å². The summed E-state index contributed by atoms with van der Waals surface area (Å²) >= 11 is 0. The highest BCUT2D eigenvalue weighted by Crippen LogP contribution is 2.21. The van der Waals surface area contributed by atoms with Crippen LogP contribution in [0, 0.1) is 16.0 Å². The minimum Gasteiger partial charge on any atom is -0.484 e. The van der Waals surface area contributed by atoms with Gasteiger partial charge >= 0.3 is 0 Å². The zero-order valence-electron chi connectivity index (χ0n) is 14.3. The Balaban J connectivity index is 2.00. The van der Waals surface area contributed by atoms with Gasteiger partial charge < -0.3 is 9.64 Å². The number of amides is 1. The number of hydrogen-bond donors (Lipinski definition) is 0. The smallest absolute Gasteiger partial charge is 0.269 e. The van der Waals surface area contributed by atoms with E-state index < -0.39 is 14.8 Å². The van der Waals surface area contributed by atoms with Crippen molar-refractivity contribution in [3.63, 3.8) is 0 Å². The van der Waals surface area contributed by atoms with E-state index in [1.54, 1.807) is 4.90 Å². The highest BCUT2D eigenvalue weighted by atomic mass is 32.2. The number of rotatable bonds is 7. The number of nitro benzene ring substituents is 1. The first-order chi connectivity index (χ1) is 11.7. The molecule has 0 aliphatic carbocycles. The number of hydrogen-bond acceptors (Lipinski definition) is 6. The van der Waals surface area contributed by atoms with Gasteiger partial charge in [-0.3, -0.25) is 14.9 Å². The van der Waals surface area contributed by atoms with Crippen molar-refractivity contribution >= 4 is 21.4 Å². The molecule has 1 fully saturated rings.